The third-order valence-corrected chi connectivity index (χ3v) is 2.12. The first-order valence-corrected chi connectivity index (χ1v) is 6.32. The molecular weight excluding hydrogens is 262 g/mol. The van der Waals surface area contributed by atoms with Gasteiger partial charge in [-0.05, 0) is 18.5 Å². The van der Waals surface area contributed by atoms with Gasteiger partial charge in [0.05, 0.1) is 12.3 Å². The molecule has 0 unspecified atom stereocenters. The minimum atomic E-state index is -0.289. The first kappa shape index (κ1) is 17.9. The summed E-state index contributed by atoms with van der Waals surface area (Å²) in [4.78, 5) is 17.3. The van der Waals surface area contributed by atoms with Crippen LogP contribution in [0.2, 0.25) is 0 Å². The fourth-order valence-corrected chi connectivity index (χ4v) is 1.20. The van der Waals surface area contributed by atoms with E-state index in [0.29, 0.717) is 44.9 Å². The van der Waals surface area contributed by atoms with E-state index in [1.807, 2.05) is 0 Å². The van der Waals surface area contributed by atoms with E-state index in [0.717, 1.165) is 6.42 Å². The van der Waals surface area contributed by atoms with Crippen LogP contribution < -0.4 is 11.2 Å². The highest BCUT2D eigenvalue weighted by Crippen LogP contribution is 1.85. The minimum absolute atomic E-state index is 0.289. The molecule has 0 bridgehead atoms. The molecule has 3 N–H and O–H groups in total. The maximum absolute atomic E-state index is 10.5. The molecule has 0 aliphatic heterocycles. The summed E-state index contributed by atoms with van der Waals surface area (Å²) >= 11 is 0. The topological polar surface area (TPSA) is 138 Å². The fraction of sp³-hybridized carbons (Fsp3) is 0.727. The van der Waals surface area contributed by atoms with Crippen LogP contribution in [0.25, 0.3) is 10.4 Å². The predicted molar refractivity (Wildman–Crippen MR) is 77.7 cm³/mol. The van der Waals surface area contributed by atoms with Crippen LogP contribution in [-0.4, -0.2) is 50.7 Å². The molecule has 0 aromatic rings. The van der Waals surface area contributed by atoms with Crippen molar-refractivity contribution in [1.82, 2.24) is 5.32 Å². The first-order chi connectivity index (χ1) is 9.70. The monoisotopic (exact) mass is 283 g/mol. The summed E-state index contributed by atoms with van der Waals surface area (Å²) in [7, 11) is 0. The summed E-state index contributed by atoms with van der Waals surface area (Å²) in [6.07, 6.45) is 3.00. The lowest BCUT2D eigenvalue weighted by molar-refractivity contribution is -0.140. The molecule has 0 amide bonds. The first-order valence-electron chi connectivity index (χ1n) is 6.32. The number of rotatable bonds is 11. The van der Waals surface area contributed by atoms with Crippen molar-refractivity contribution >= 4 is 17.9 Å². The van der Waals surface area contributed by atoms with Gasteiger partial charge in [0.25, 0.3) is 0 Å². The van der Waals surface area contributed by atoms with Crippen molar-refractivity contribution in [2.75, 3.05) is 32.8 Å². The van der Waals surface area contributed by atoms with E-state index in [-0.39, 0.29) is 5.97 Å². The van der Waals surface area contributed by atoms with Gasteiger partial charge in [0.2, 0.25) is 0 Å². The van der Waals surface area contributed by atoms with E-state index < -0.39 is 0 Å². The molecule has 0 aromatic carbocycles. The Morgan fingerprint density at radius 3 is 2.90 bits per heavy atom. The molecule has 0 radical (unpaired) electrons. The summed E-state index contributed by atoms with van der Waals surface area (Å²) in [5, 5.41) is 10.1. The zero-order chi connectivity index (χ0) is 15.1. The Kier molecular flexibility index (Phi) is 11.9. The number of hydrazone groups is 1. The summed E-state index contributed by atoms with van der Waals surface area (Å²) in [6, 6.07) is 0. The molecule has 0 atom stereocenters. The molecule has 9 heteroatoms. The Hall–Kier alpha value is -2.12. The number of hydrogen-bond donors (Lipinski definition) is 2. The number of carbonyl (C=O) groups excluding carboxylic acids is 1. The molecule has 0 saturated heterocycles. The van der Waals surface area contributed by atoms with E-state index >= 15 is 0 Å². The zero-order valence-electron chi connectivity index (χ0n) is 11.7. The number of azide groups is 1. The van der Waals surface area contributed by atoms with Gasteiger partial charge in [0, 0.05) is 44.1 Å². The second-order valence-corrected chi connectivity index (χ2v) is 3.83. The summed E-state index contributed by atoms with van der Waals surface area (Å²) in [6.45, 7) is 3.94. The second kappa shape index (κ2) is 13.3. The number of nitrogens with one attached hydrogen (secondary N) is 1. The number of esters is 1. The predicted octanol–water partition coefficient (Wildman–Crippen LogP) is 0.615. The average molecular weight is 283 g/mol. The van der Waals surface area contributed by atoms with Crippen molar-refractivity contribution in [3.8, 4) is 0 Å². The molecule has 0 fully saturated rings. The number of ether oxygens (including phenoxy) is 1. The molecular formula is C11H21N7O2. The van der Waals surface area contributed by atoms with Crippen molar-refractivity contribution in [1.29, 1.82) is 0 Å². The highest BCUT2D eigenvalue weighted by atomic mass is 16.5. The molecule has 0 aliphatic rings. The van der Waals surface area contributed by atoms with Crippen LogP contribution >= 0.6 is 0 Å². The van der Waals surface area contributed by atoms with Crippen LogP contribution in [0.4, 0.5) is 0 Å². The smallest absolute Gasteiger partial charge is 0.302 e. The van der Waals surface area contributed by atoms with Crippen molar-refractivity contribution in [2.24, 2.45) is 21.1 Å². The Morgan fingerprint density at radius 1 is 1.45 bits per heavy atom. The van der Waals surface area contributed by atoms with E-state index in [2.05, 4.69) is 25.4 Å². The third-order valence-electron chi connectivity index (χ3n) is 2.12. The van der Waals surface area contributed by atoms with Gasteiger partial charge in [0.1, 0.15) is 0 Å². The van der Waals surface area contributed by atoms with Crippen molar-refractivity contribution in [3.05, 3.63) is 10.4 Å². The van der Waals surface area contributed by atoms with Gasteiger partial charge >= 0.3 is 5.97 Å². The van der Waals surface area contributed by atoms with Gasteiger partial charge in [-0.1, -0.05) is 5.11 Å². The Balaban J connectivity index is 3.65. The Labute approximate surface area is 117 Å². The number of nitrogens with zero attached hydrogens (tertiary/aromatic N) is 5. The van der Waals surface area contributed by atoms with Crippen LogP contribution in [-0.2, 0) is 9.53 Å². The van der Waals surface area contributed by atoms with Crippen LogP contribution in [0.5, 0.6) is 0 Å². The lowest BCUT2D eigenvalue weighted by atomic mass is 10.3. The molecule has 0 spiro atoms. The van der Waals surface area contributed by atoms with E-state index in [4.69, 9.17) is 16.1 Å². The molecule has 0 aromatic heterocycles. The van der Waals surface area contributed by atoms with Gasteiger partial charge in [-0.2, -0.15) is 5.10 Å². The fourth-order valence-electron chi connectivity index (χ4n) is 1.20. The number of aliphatic imine (C=N–C) groups is 1. The van der Waals surface area contributed by atoms with Crippen molar-refractivity contribution in [2.45, 2.75) is 19.8 Å². The van der Waals surface area contributed by atoms with Crippen LogP contribution in [0, 0.1) is 0 Å². The molecule has 20 heavy (non-hydrogen) atoms. The third kappa shape index (κ3) is 12.3. The number of hydrogen-bond acceptors (Lipinski definition) is 7. The maximum Gasteiger partial charge on any atom is 0.302 e. The molecule has 9 nitrogen and oxygen atoms in total. The van der Waals surface area contributed by atoms with E-state index in [1.165, 1.54) is 6.92 Å². The standard InChI is InChI=1S/C11H21N7O2/c1-10(19)20-7-3-5-15-9-11(17-12)8-14-4-2-6-16-18-13/h9,14H,2-8,12H2,1H3/b15-9?,17-11-. The van der Waals surface area contributed by atoms with Crippen molar-refractivity contribution in [3.63, 3.8) is 0 Å². The highest BCUT2D eigenvalue weighted by Gasteiger charge is 1.95. The summed E-state index contributed by atoms with van der Waals surface area (Å²) < 4.78 is 4.77. The molecule has 0 heterocycles. The highest BCUT2D eigenvalue weighted by molar-refractivity contribution is 6.31. The average Bonchev–Trinajstić information content (AvgIpc) is 2.43. The SMILES string of the molecule is CC(=O)OCCCN=C/C(CNCCCN=[N+]=[N-])=N\N. The largest absolute Gasteiger partial charge is 0.466 e. The van der Waals surface area contributed by atoms with Gasteiger partial charge < -0.3 is 15.9 Å². The van der Waals surface area contributed by atoms with Gasteiger partial charge in [0.15, 0.2) is 0 Å². The summed E-state index contributed by atoms with van der Waals surface area (Å²) in [5.41, 5.74) is 8.72. The molecule has 0 aliphatic carbocycles. The molecule has 0 rings (SSSR count). The quantitative estimate of drug-likeness (QED) is 0.0838. The van der Waals surface area contributed by atoms with Gasteiger partial charge in [-0.3, -0.25) is 9.79 Å². The Morgan fingerprint density at radius 2 is 2.25 bits per heavy atom. The number of nitrogens with two attached hydrogens (primary N) is 1. The van der Waals surface area contributed by atoms with E-state index in [1.54, 1.807) is 6.21 Å². The second-order valence-electron chi connectivity index (χ2n) is 3.83. The number of carbonyl (C=O) groups is 1. The summed E-state index contributed by atoms with van der Waals surface area (Å²) in [5.74, 6) is 4.95. The van der Waals surface area contributed by atoms with Crippen LogP contribution in [0.15, 0.2) is 15.2 Å². The van der Waals surface area contributed by atoms with E-state index in [9.17, 15) is 4.79 Å². The molecule has 0 saturated carbocycles. The maximum atomic E-state index is 10.5. The lowest BCUT2D eigenvalue weighted by Gasteiger charge is -2.02. The van der Waals surface area contributed by atoms with Gasteiger partial charge in [-0.25, -0.2) is 0 Å². The zero-order valence-corrected chi connectivity index (χ0v) is 11.7. The Bertz CT molecular complexity index is 375. The molecule has 112 valence electrons. The van der Waals surface area contributed by atoms with Crippen LogP contribution in [0.1, 0.15) is 19.8 Å². The van der Waals surface area contributed by atoms with Crippen molar-refractivity contribution < 1.29 is 9.53 Å². The van der Waals surface area contributed by atoms with Gasteiger partial charge in [-0.15, -0.1) is 0 Å². The lowest BCUT2D eigenvalue weighted by Crippen LogP contribution is -2.26. The normalized spacial score (nSPS) is 11.3. The van der Waals surface area contributed by atoms with Crippen LogP contribution in [0.3, 0.4) is 0 Å². The minimum Gasteiger partial charge on any atom is -0.466 e.